The fourth-order valence-electron chi connectivity index (χ4n) is 1.59. The van der Waals surface area contributed by atoms with Crippen molar-refractivity contribution >= 4 is 11.4 Å². The minimum absolute atomic E-state index is 0.188. The molecule has 5 heteroatoms. The highest BCUT2D eigenvalue weighted by Crippen LogP contribution is 2.27. The van der Waals surface area contributed by atoms with E-state index in [1.54, 1.807) is 6.07 Å². The first-order valence-corrected chi connectivity index (χ1v) is 6.49. The summed E-state index contributed by atoms with van der Waals surface area (Å²) in [6, 6.07) is 2.83. The molecule has 0 heterocycles. The van der Waals surface area contributed by atoms with Crippen molar-refractivity contribution in [1.29, 1.82) is 0 Å². The topological polar surface area (TPSA) is 56.5 Å². The van der Waals surface area contributed by atoms with Crippen molar-refractivity contribution in [2.75, 3.05) is 37.9 Å². The Bertz CT molecular complexity index is 397. The highest BCUT2D eigenvalue weighted by Gasteiger charge is 2.07. The van der Waals surface area contributed by atoms with Crippen molar-refractivity contribution in [3.05, 3.63) is 17.9 Å². The lowest BCUT2D eigenvalue weighted by molar-refractivity contribution is 0.110. The number of halogens is 1. The smallest absolute Gasteiger partial charge is 0.167 e. The van der Waals surface area contributed by atoms with Crippen LogP contribution in [0.4, 0.5) is 15.8 Å². The van der Waals surface area contributed by atoms with E-state index in [2.05, 4.69) is 19.2 Å². The monoisotopic (exact) mass is 270 g/mol. The standard InChI is InChI=1S/C14H23FN2O2/c1-10(2)9-19-6-4-5-17-13-8-14(18-3)11(15)7-12(13)16/h7-8,10,17H,4-6,9,16H2,1-3H3. The van der Waals surface area contributed by atoms with E-state index in [0.29, 0.717) is 23.9 Å². The van der Waals surface area contributed by atoms with Gasteiger partial charge in [-0.2, -0.15) is 0 Å². The average molecular weight is 270 g/mol. The molecule has 1 aromatic rings. The summed E-state index contributed by atoms with van der Waals surface area (Å²) in [4.78, 5) is 0. The van der Waals surface area contributed by atoms with Crippen LogP contribution in [-0.4, -0.2) is 26.9 Å². The quantitative estimate of drug-likeness (QED) is 0.563. The maximum Gasteiger partial charge on any atom is 0.167 e. The zero-order chi connectivity index (χ0) is 14.3. The number of nitrogens with one attached hydrogen (secondary N) is 1. The van der Waals surface area contributed by atoms with Gasteiger partial charge in [0.05, 0.1) is 18.5 Å². The normalized spacial score (nSPS) is 10.8. The summed E-state index contributed by atoms with van der Waals surface area (Å²) in [5.41, 5.74) is 6.80. The van der Waals surface area contributed by atoms with E-state index in [1.165, 1.54) is 13.2 Å². The Morgan fingerprint density at radius 1 is 1.37 bits per heavy atom. The first kappa shape index (κ1) is 15.6. The summed E-state index contributed by atoms with van der Waals surface area (Å²) in [5, 5.41) is 3.15. The highest BCUT2D eigenvalue weighted by atomic mass is 19.1. The highest BCUT2D eigenvalue weighted by molar-refractivity contribution is 5.68. The molecule has 0 saturated heterocycles. The summed E-state index contributed by atoms with van der Waals surface area (Å²) in [6.07, 6.45) is 0.867. The van der Waals surface area contributed by atoms with Gasteiger partial charge in [0.25, 0.3) is 0 Å². The van der Waals surface area contributed by atoms with Crippen LogP contribution in [0.25, 0.3) is 0 Å². The Kier molecular flexibility index (Phi) is 6.42. The van der Waals surface area contributed by atoms with Gasteiger partial charge in [0.15, 0.2) is 11.6 Å². The van der Waals surface area contributed by atoms with Gasteiger partial charge in [-0.15, -0.1) is 0 Å². The molecular formula is C14H23FN2O2. The molecule has 0 aromatic heterocycles. The minimum atomic E-state index is -0.453. The van der Waals surface area contributed by atoms with Crippen molar-refractivity contribution in [2.45, 2.75) is 20.3 Å². The summed E-state index contributed by atoms with van der Waals surface area (Å²) in [7, 11) is 1.43. The SMILES string of the molecule is COc1cc(NCCCOCC(C)C)c(N)cc1F. The lowest BCUT2D eigenvalue weighted by atomic mass is 10.2. The van der Waals surface area contributed by atoms with Crippen LogP contribution in [0.15, 0.2) is 12.1 Å². The summed E-state index contributed by atoms with van der Waals surface area (Å²) < 4.78 is 23.7. The zero-order valence-corrected chi connectivity index (χ0v) is 11.8. The van der Waals surface area contributed by atoms with Crippen LogP contribution in [0.3, 0.4) is 0 Å². The zero-order valence-electron chi connectivity index (χ0n) is 11.8. The molecule has 0 atom stereocenters. The molecule has 4 nitrogen and oxygen atoms in total. The summed E-state index contributed by atoms with van der Waals surface area (Å²) >= 11 is 0. The Labute approximate surface area is 114 Å². The van der Waals surface area contributed by atoms with Gasteiger partial charge in [-0.25, -0.2) is 4.39 Å². The Balaban J connectivity index is 2.37. The van der Waals surface area contributed by atoms with Crippen molar-refractivity contribution < 1.29 is 13.9 Å². The van der Waals surface area contributed by atoms with E-state index >= 15 is 0 Å². The molecule has 0 saturated carbocycles. The van der Waals surface area contributed by atoms with Crippen LogP contribution in [-0.2, 0) is 4.74 Å². The van der Waals surface area contributed by atoms with Crippen LogP contribution in [0.5, 0.6) is 5.75 Å². The maximum atomic E-state index is 13.3. The predicted molar refractivity (Wildman–Crippen MR) is 76.1 cm³/mol. The van der Waals surface area contributed by atoms with Gasteiger partial charge in [-0.05, 0) is 12.3 Å². The largest absolute Gasteiger partial charge is 0.494 e. The lowest BCUT2D eigenvalue weighted by Gasteiger charge is -2.12. The van der Waals surface area contributed by atoms with Crippen LogP contribution < -0.4 is 15.8 Å². The molecule has 1 aromatic carbocycles. The van der Waals surface area contributed by atoms with Crippen LogP contribution in [0.2, 0.25) is 0 Å². The fraction of sp³-hybridized carbons (Fsp3) is 0.571. The molecule has 0 spiro atoms. The summed E-state index contributed by atoms with van der Waals surface area (Å²) in [6.45, 7) is 6.42. The van der Waals surface area contributed by atoms with Gasteiger partial charge in [0.1, 0.15) is 0 Å². The average Bonchev–Trinajstić information content (AvgIpc) is 2.35. The van der Waals surface area contributed by atoms with Crippen LogP contribution >= 0.6 is 0 Å². The van der Waals surface area contributed by atoms with E-state index in [1.807, 2.05) is 0 Å². The second-order valence-corrected chi connectivity index (χ2v) is 4.82. The van der Waals surface area contributed by atoms with E-state index < -0.39 is 5.82 Å². The fourth-order valence-corrected chi connectivity index (χ4v) is 1.59. The molecule has 19 heavy (non-hydrogen) atoms. The Hall–Kier alpha value is -1.49. The number of ether oxygens (including phenoxy) is 2. The molecule has 1 rings (SSSR count). The molecule has 0 radical (unpaired) electrons. The number of anilines is 2. The Morgan fingerprint density at radius 3 is 2.74 bits per heavy atom. The van der Waals surface area contributed by atoms with E-state index in [9.17, 15) is 4.39 Å². The number of hydrogen-bond acceptors (Lipinski definition) is 4. The van der Waals surface area contributed by atoms with E-state index in [4.69, 9.17) is 15.2 Å². The van der Waals surface area contributed by atoms with Gasteiger partial charge < -0.3 is 20.5 Å². The number of hydrogen-bond donors (Lipinski definition) is 2. The third-order valence-corrected chi connectivity index (χ3v) is 2.56. The first-order chi connectivity index (χ1) is 9.04. The number of nitrogen functional groups attached to an aromatic ring is 1. The molecular weight excluding hydrogens is 247 g/mol. The second kappa shape index (κ2) is 7.84. The van der Waals surface area contributed by atoms with Crippen molar-refractivity contribution in [2.24, 2.45) is 5.92 Å². The van der Waals surface area contributed by atoms with Gasteiger partial charge in [-0.1, -0.05) is 13.8 Å². The predicted octanol–water partition coefficient (Wildman–Crippen LogP) is 2.89. The van der Waals surface area contributed by atoms with Crippen molar-refractivity contribution in [3.63, 3.8) is 0 Å². The molecule has 108 valence electrons. The number of nitrogens with two attached hydrogens (primary N) is 1. The Morgan fingerprint density at radius 2 is 2.11 bits per heavy atom. The van der Waals surface area contributed by atoms with Gasteiger partial charge >= 0.3 is 0 Å². The van der Waals surface area contributed by atoms with Crippen LogP contribution in [0, 0.1) is 11.7 Å². The molecule has 0 aliphatic carbocycles. The molecule has 0 aliphatic heterocycles. The lowest BCUT2D eigenvalue weighted by Crippen LogP contribution is -2.09. The molecule has 0 fully saturated rings. The molecule has 0 aliphatic rings. The molecule has 0 unspecified atom stereocenters. The third-order valence-electron chi connectivity index (χ3n) is 2.56. The van der Waals surface area contributed by atoms with Gasteiger partial charge in [0.2, 0.25) is 0 Å². The third kappa shape index (κ3) is 5.34. The maximum absolute atomic E-state index is 13.3. The van der Waals surface area contributed by atoms with Gasteiger partial charge in [0, 0.05) is 31.9 Å². The number of rotatable bonds is 8. The number of methoxy groups -OCH3 is 1. The molecule has 3 N–H and O–H groups in total. The van der Waals surface area contributed by atoms with E-state index in [0.717, 1.165) is 19.6 Å². The first-order valence-electron chi connectivity index (χ1n) is 6.49. The van der Waals surface area contributed by atoms with Gasteiger partial charge in [-0.3, -0.25) is 0 Å². The second-order valence-electron chi connectivity index (χ2n) is 4.82. The van der Waals surface area contributed by atoms with Crippen molar-refractivity contribution in [3.8, 4) is 5.75 Å². The summed E-state index contributed by atoms with van der Waals surface area (Å²) in [5.74, 6) is 0.281. The van der Waals surface area contributed by atoms with Crippen LogP contribution in [0.1, 0.15) is 20.3 Å². The molecule has 0 bridgehead atoms. The minimum Gasteiger partial charge on any atom is -0.494 e. The number of benzene rings is 1. The van der Waals surface area contributed by atoms with E-state index in [-0.39, 0.29) is 5.75 Å². The van der Waals surface area contributed by atoms with Crippen molar-refractivity contribution in [1.82, 2.24) is 0 Å². The molecule has 0 amide bonds.